The van der Waals surface area contributed by atoms with E-state index in [1.54, 1.807) is 28.0 Å². The van der Waals surface area contributed by atoms with Gasteiger partial charge in [-0.25, -0.2) is 4.98 Å². The molecule has 0 bridgehead atoms. The number of thiazole rings is 1. The fraction of sp³-hybridized carbons (Fsp3) is 0.273. The molecule has 6 nitrogen and oxygen atoms in total. The largest absolute Gasteiger partial charge is 0.280 e. The quantitative estimate of drug-likeness (QED) is 0.472. The van der Waals surface area contributed by atoms with Gasteiger partial charge in [0.2, 0.25) is 0 Å². The van der Waals surface area contributed by atoms with Crippen LogP contribution in [0.1, 0.15) is 47.1 Å². The first-order valence-corrected chi connectivity index (χ1v) is 10.4. The predicted octanol–water partition coefficient (Wildman–Crippen LogP) is 4.93. The summed E-state index contributed by atoms with van der Waals surface area (Å²) in [4.78, 5) is 24.1. The van der Waals surface area contributed by atoms with Crippen molar-refractivity contribution in [1.29, 1.82) is 0 Å². The molecule has 0 aliphatic heterocycles. The molecule has 4 aromatic rings. The van der Waals surface area contributed by atoms with Crippen LogP contribution in [-0.2, 0) is 6.54 Å². The number of carbonyl (C=O) groups is 1. The molecule has 1 amide bonds. The van der Waals surface area contributed by atoms with E-state index in [9.17, 15) is 4.79 Å². The van der Waals surface area contributed by atoms with Crippen molar-refractivity contribution in [3.63, 3.8) is 0 Å². The standard InChI is InChI=1S/C22H23N5OS/c1-14(2)27-11-9-18(25-27)21(28)26(13-17-6-5-10-23-12-17)22-24-20-16(4)15(3)7-8-19(20)29-22/h5-12,14H,13H2,1-4H3. The van der Waals surface area contributed by atoms with Gasteiger partial charge in [-0.15, -0.1) is 0 Å². The molecule has 29 heavy (non-hydrogen) atoms. The number of rotatable bonds is 5. The van der Waals surface area contributed by atoms with Gasteiger partial charge in [0.25, 0.3) is 5.91 Å². The van der Waals surface area contributed by atoms with Crippen molar-refractivity contribution in [2.24, 2.45) is 0 Å². The number of benzene rings is 1. The summed E-state index contributed by atoms with van der Waals surface area (Å²) in [6.07, 6.45) is 5.34. The highest BCUT2D eigenvalue weighted by Crippen LogP contribution is 2.33. The first-order valence-electron chi connectivity index (χ1n) is 9.56. The lowest BCUT2D eigenvalue weighted by molar-refractivity contribution is 0.0979. The second kappa shape index (κ2) is 7.75. The molecule has 0 atom stereocenters. The van der Waals surface area contributed by atoms with E-state index in [1.165, 1.54) is 16.9 Å². The third kappa shape index (κ3) is 3.78. The monoisotopic (exact) mass is 405 g/mol. The van der Waals surface area contributed by atoms with Crippen LogP contribution in [0, 0.1) is 13.8 Å². The molecular formula is C22H23N5OS. The Morgan fingerprint density at radius 1 is 1.21 bits per heavy atom. The maximum absolute atomic E-state index is 13.4. The zero-order valence-corrected chi connectivity index (χ0v) is 17.8. The topological polar surface area (TPSA) is 63.9 Å². The number of hydrogen-bond donors (Lipinski definition) is 0. The van der Waals surface area contributed by atoms with E-state index in [0.717, 1.165) is 21.3 Å². The summed E-state index contributed by atoms with van der Waals surface area (Å²) in [6, 6.07) is 9.95. The summed E-state index contributed by atoms with van der Waals surface area (Å²) < 4.78 is 2.86. The van der Waals surface area contributed by atoms with Gasteiger partial charge < -0.3 is 0 Å². The first-order chi connectivity index (χ1) is 13.9. The van der Waals surface area contributed by atoms with E-state index in [0.29, 0.717) is 17.4 Å². The Kier molecular flexibility index (Phi) is 5.15. The van der Waals surface area contributed by atoms with Gasteiger partial charge in [0, 0.05) is 24.6 Å². The molecule has 1 aromatic carbocycles. The Hall–Kier alpha value is -3.06. The molecule has 3 aromatic heterocycles. The predicted molar refractivity (Wildman–Crippen MR) is 116 cm³/mol. The first kappa shape index (κ1) is 19.3. The fourth-order valence-corrected chi connectivity index (χ4v) is 4.13. The highest BCUT2D eigenvalue weighted by molar-refractivity contribution is 7.22. The van der Waals surface area contributed by atoms with Gasteiger partial charge >= 0.3 is 0 Å². The minimum atomic E-state index is -0.165. The Balaban J connectivity index is 1.77. The summed E-state index contributed by atoms with van der Waals surface area (Å²) in [5.41, 5.74) is 4.63. The van der Waals surface area contributed by atoms with Gasteiger partial charge in [-0.1, -0.05) is 23.5 Å². The number of anilines is 1. The second-order valence-electron chi connectivity index (χ2n) is 7.38. The van der Waals surface area contributed by atoms with Crippen molar-refractivity contribution in [3.05, 3.63) is 71.3 Å². The number of carbonyl (C=O) groups excluding carboxylic acids is 1. The third-order valence-electron chi connectivity index (χ3n) is 4.97. The number of nitrogens with zero attached hydrogens (tertiary/aromatic N) is 5. The Morgan fingerprint density at radius 2 is 2.03 bits per heavy atom. The van der Waals surface area contributed by atoms with Crippen molar-refractivity contribution >= 4 is 32.6 Å². The molecule has 0 N–H and O–H groups in total. The summed E-state index contributed by atoms with van der Waals surface area (Å²) in [6.45, 7) is 8.60. The van der Waals surface area contributed by atoms with Crippen molar-refractivity contribution in [1.82, 2.24) is 19.7 Å². The van der Waals surface area contributed by atoms with Crippen LogP contribution >= 0.6 is 11.3 Å². The van der Waals surface area contributed by atoms with Crippen LogP contribution in [0.25, 0.3) is 10.2 Å². The minimum absolute atomic E-state index is 0.165. The molecule has 0 saturated heterocycles. The highest BCUT2D eigenvalue weighted by Gasteiger charge is 2.24. The number of aryl methyl sites for hydroxylation is 2. The van der Waals surface area contributed by atoms with Gasteiger partial charge in [0.1, 0.15) is 0 Å². The molecule has 0 aliphatic rings. The van der Waals surface area contributed by atoms with Crippen LogP contribution in [0.15, 0.2) is 48.9 Å². The molecule has 0 fully saturated rings. The van der Waals surface area contributed by atoms with Crippen LogP contribution < -0.4 is 4.90 Å². The van der Waals surface area contributed by atoms with Crippen LogP contribution in [0.5, 0.6) is 0 Å². The molecule has 0 saturated carbocycles. The molecule has 3 heterocycles. The average molecular weight is 406 g/mol. The van der Waals surface area contributed by atoms with Gasteiger partial charge in [0.05, 0.1) is 16.8 Å². The summed E-state index contributed by atoms with van der Waals surface area (Å²) in [7, 11) is 0. The lowest BCUT2D eigenvalue weighted by Crippen LogP contribution is -2.31. The van der Waals surface area contributed by atoms with Gasteiger partial charge in [-0.2, -0.15) is 5.10 Å². The van der Waals surface area contributed by atoms with E-state index in [2.05, 4.69) is 36.1 Å². The molecule has 0 unspecified atom stereocenters. The zero-order valence-electron chi connectivity index (χ0n) is 17.0. The van der Waals surface area contributed by atoms with E-state index in [4.69, 9.17) is 4.98 Å². The molecule has 7 heteroatoms. The second-order valence-corrected chi connectivity index (χ2v) is 8.39. The maximum Gasteiger partial charge on any atom is 0.280 e. The minimum Gasteiger partial charge on any atom is -0.278 e. The highest BCUT2D eigenvalue weighted by atomic mass is 32.1. The number of amides is 1. The summed E-state index contributed by atoms with van der Waals surface area (Å²) in [5.74, 6) is -0.165. The van der Waals surface area contributed by atoms with Crippen LogP contribution in [0.3, 0.4) is 0 Å². The molecule has 4 rings (SSSR count). The van der Waals surface area contributed by atoms with Crippen molar-refractivity contribution in [2.75, 3.05) is 4.90 Å². The fourth-order valence-electron chi connectivity index (χ4n) is 3.11. The van der Waals surface area contributed by atoms with E-state index in [-0.39, 0.29) is 11.9 Å². The molecule has 0 radical (unpaired) electrons. The maximum atomic E-state index is 13.4. The van der Waals surface area contributed by atoms with Crippen molar-refractivity contribution < 1.29 is 4.79 Å². The van der Waals surface area contributed by atoms with Crippen LogP contribution in [0.4, 0.5) is 5.13 Å². The van der Waals surface area contributed by atoms with E-state index in [1.807, 2.05) is 32.2 Å². The molecule has 0 spiro atoms. The number of fused-ring (bicyclic) bond motifs is 1. The number of pyridine rings is 1. The summed E-state index contributed by atoms with van der Waals surface area (Å²) >= 11 is 1.52. The Morgan fingerprint density at radius 3 is 2.72 bits per heavy atom. The van der Waals surface area contributed by atoms with Gasteiger partial charge in [-0.3, -0.25) is 19.4 Å². The third-order valence-corrected chi connectivity index (χ3v) is 6.01. The normalized spacial score (nSPS) is 11.3. The van der Waals surface area contributed by atoms with Crippen LogP contribution in [-0.4, -0.2) is 25.7 Å². The Labute approximate surface area is 173 Å². The average Bonchev–Trinajstić information content (AvgIpc) is 3.37. The van der Waals surface area contributed by atoms with Crippen LogP contribution in [0.2, 0.25) is 0 Å². The smallest absolute Gasteiger partial charge is 0.278 e. The number of aromatic nitrogens is 4. The Bertz CT molecular complexity index is 1160. The lowest BCUT2D eigenvalue weighted by Gasteiger charge is -2.19. The van der Waals surface area contributed by atoms with E-state index < -0.39 is 0 Å². The van der Waals surface area contributed by atoms with Crippen molar-refractivity contribution in [3.8, 4) is 0 Å². The molecule has 0 aliphatic carbocycles. The van der Waals surface area contributed by atoms with E-state index >= 15 is 0 Å². The molecule has 148 valence electrons. The SMILES string of the molecule is Cc1ccc2sc(N(Cc3cccnc3)C(=O)c3ccn(C(C)C)n3)nc2c1C. The van der Waals surface area contributed by atoms with Gasteiger partial charge in [0.15, 0.2) is 10.8 Å². The summed E-state index contributed by atoms with van der Waals surface area (Å²) in [5, 5.41) is 5.14. The number of hydrogen-bond acceptors (Lipinski definition) is 5. The van der Waals surface area contributed by atoms with Gasteiger partial charge in [-0.05, 0) is 62.6 Å². The van der Waals surface area contributed by atoms with Crippen molar-refractivity contribution in [2.45, 2.75) is 40.3 Å². The molecular weight excluding hydrogens is 382 g/mol. The zero-order chi connectivity index (χ0) is 20.5. The lowest BCUT2D eigenvalue weighted by atomic mass is 10.1.